The standard InChI is InChI=1S/C18H28O/c1-11-5-6-16(13(3)7-11)18-17-9-15(10-19-18)12(2)8-14(17)4/h5,8,12-13,15-18H,6-7,9-10H2,1-4H3/t12?,13?,15-,16?,17?,18?/m0/s1. The SMILES string of the molecule is CC1=CCC(C2OC[C@@H]3CC2C(C)=CC3C)C(C)C1. The molecule has 1 fully saturated rings. The molecule has 2 bridgehead atoms. The summed E-state index contributed by atoms with van der Waals surface area (Å²) in [5.74, 6) is 3.67. The second-order valence-electron chi connectivity index (χ2n) is 7.30. The lowest BCUT2D eigenvalue weighted by molar-refractivity contribution is -0.0982. The highest BCUT2D eigenvalue weighted by Gasteiger charge is 2.42. The fourth-order valence-electron chi connectivity index (χ4n) is 4.56. The zero-order valence-corrected chi connectivity index (χ0v) is 12.9. The Labute approximate surface area is 118 Å². The predicted octanol–water partition coefficient (Wildman–Crippen LogP) is 4.60. The third-order valence-corrected chi connectivity index (χ3v) is 5.85. The van der Waals surface area contributed by atoms with Crippen LogP contribution in [0.4, 0.5) is 0 Å². The first-order valence-electron chi connectivity index (χ1n) is 8.01. The Morgan fingerprint density at radius 1 is 1.21 bits per heavy atom. The Balaban J connectivity index is 1.81. The van der Waals surface area contributed by atoms with E-state index in [9.17, 15) is 0 Å². The van der Waals surface area contributed by atoms with Gasteiger partial charge in [-0.25, -0.2) is 0 Å². The third kappa shape index (κ3) is 2.42. The summed E-state index contributed by atoms with van der Waals surface area (Å²) in [7, 11) is 0. The van der Waals surface area contributed by atoms with Crippen molar-refractivity contribution in [1.29, 1.82) is 0 Å². The van der Waals surface area contributed by atoms with Crippen LogP contribution in [0.5, 0.6) is 0 Å². The molecule has 2 aliphatic carbocycles. The van der Waals surface area contributed by atoms with Gasteiger partial charge in [-0.1, -0.05) is 37.1 Å². The monoisotopic (exact) mass is 260 g/mol. The number of allylic oxidation sites excluding steroid dienone is 3. The maximum absolute atomic E-state index is 6.36. The fraction of sp³-hybridized carbons (Fsp3) is 0.778. The summed E-state index contributed by atoms with van der Waals surface area (Å²) < 4.78 is 6.36. The maximum Gasteiger partial charge on any atom is 0.0674 e. The van der Waals surface area contributed by atoms with E-state index in [0.717, 1.165) is 24.4 Å². The largest absolute Gasteiger partial charge is 0.377 e. The maximum atomic E-state index is 6.36. The minimum Gasteiger partial charge on any atom is -0.377 e. The summed E-state index contributed by atoms with van der Waals surface area (Å²) >= 11 is 0. The second kappa shape index (κ2) is 5.09. The first-order valence-corrected chi connectivity index (χ1v) is 8.01. The zero-order valence-electron chi connectivity index (χ0n) is 12.9. The van der Waals surface area contributed by atoms with Gasteiger partial charge in [0.25, 0.3) is 0 Å². The van der Waals surface area contributed by atoms with Crippen molar-refractivity contribution in [2.24, 2.45) is 29.6 Å². The van der Waals surface area contributed by atoms with E-state index in [-0.39, 0.29) is 0 Å². The molecule has 1 heterocycles. The van der Waals surface area contributed by atoms with Crippen molar-refractivity contribution in [3.8, 4) is 0 Å². The van der Waals surface area contributed by atoms with Crippen LogP contribution in [0.25, 0.3) is 0 Å². The second-order valence-corrected chi connectivity index (χ2v) is 7.30. The Morgan fingerprint density at radius 3 is 2.74 bits per heavy atom. The highest BCUT2D eigenvalue weighted by Crippen LogP contribution is 2.45. The third-order valence-electron chi connectivity index (χ3n) is 5.85. The zero-order chi connectivity index (χ0) is 13.6. The minimum absolute atomic E-state index is 0.472. The number of rotatable bonds is 1. The van der Waals surface area contributed by atoms with Crippen molar-refractivity contribution in [2.45, 2.75) is 53.1 Å². The minimum atomic E-state index is 0.472. The lowest BCUT2D eigenvalue weighted by atomic mass is 9.66. The Bertz CT molecular complexity index is 406. The fourth-order valence-corrected chi connectivity index (χ4v) is 4.56. The molecular formula is C18H28O. The van der Waals surface area contributed by atoms with Crippen LogP contribution in [-0.2, 0) is 4.74 Å². The van der Waals surface area contributed by atoms with E-state index in [0.29, 0.717) is 17.9 Å². The van der Waals surface area contributed by atoms with Gasteiger partial charge in [-0.05, 0) is 56.8 Å². The van der Waals surface area contributed by atoms with Crippen LogP contribution in [-0.4, -0.2) is 12.7 Å². The van der Waals surface area contributed by atoms with Crippen LogP contribution in [0.2, 0.25) is 0 Å². The van der Waals surface area contributed by atoms with Crippen molar-refractivity contribution >= 4 is 0 Å². The van der Waals surface area contributed by atoms with Gasteiger partial charge < -0.3 is 4.74 Å². The van der Waals surface area contributed by atoms with E-state index in [1.165, 1.54) is 19.3 Å². The molecule has 0 saturated carbocycles. The van der Waals surface area contributed by atoms with Gasteiger partial charge in [0.05, 0.1) is 12.7 Å². The van der Waals surface area contributed by atoms with Gasteiger partial charge in [-0.3, -0.25) is 0 Å². The van der Waals surface area contributed by atoms with E-state index in [4.69, 9.17) is 4.74 Å². The van der Waals surface area contributed by atoms with Gasteiger partial charge in [-0.2, -0.15) is 0 Å². The Kier molecular flexibility index (Phi) is 3.59. The highest BCUT2D eigenvalue weighted by atomic mass is 16.5. The molecule has 1 heteroatoms. The molecule has 6 atom stereocenters. The van der Waals surface area contributed by atoms with Crippen LogP contribution >= 0.6 is 0 Å². The van der Waals surface area contributed by atoms with Gasteiger partial charge in [0, 0.05) is 5.92 Å². The van der Waals surface area contributed by atoms with Crippen LogP contribution in [0.3, 0.4) is 0 Å². The highest BCUT2D eigenvalue weighted by molar-refractivity contribution is 5.17. The first kappa shape index (κ1) is 13.4. The molecule has 1 aliphatic heterocycles. The smallest absolute Gasteiger partial charge is 0.0674 e. The molecule has 106 valence electrons. The van der Waals surface area contributed by atoms with Crippen LogP contribution in [0.15, 0.2) is 23.3 Å². The van der Waals surface area contributed by atoms with Crippen molar-refractivity contribution in [3.05, 3.63) is 23.3 Å². The number of hydrogen-bond donors (Lipinski definition) is 0. The van der Waals surface area contributed by atoms with Gasteiger partial charge in [0.2, 0.25) is 0 Å². The summed E-state index contributed by atoms with van der Waals surface area (Å²) in [5, 5.41) is 0. The lowest BCUT2D eigenvalue weighted by Crippen LogP contribution is -2.46. The summed E-state index contributed by atoms with van der Waals surface area (Å²) in [5.41, 5.74) is 3.16. The summed E-state index contributed by atoms with van der Waals surface area (Å²) in [6.07, 6.45) is 9.29. The molecule has 3 rings (SSSR count). The van der Waals surface area contributed by atoms with Gasteiger partial charge in [0.15, 0.2) is 0 Å². The molecule has 0 spiro atoms. The quantitative estimate of drug-likeness (QED) is 0.626. The topological polar surface area (TPSA) is 9.23 Å². The van der Waals surface area contributed by atoms with E-state index in [1.807, 2.05) is 0 Å². The van der Waals surface area contributed by atoms with Crippen molar-refractivity contribution < 1.29 is 4.74 Å². The van der Waals surface area contributed by atoms with Crippen LogP contribution in [0.1, 0.15) is 47.0 Å². The van der Waals surface area contributed by atoms with Crippen molar-refractivity contribution in [1.82, 2.24) is 0 Å². The molecular weight excluding hydrogens is 232 g/mol. The predicted molar refractivity (Wildman–Crippen MR) is 79.9 cm³/mol. The summed E-state index contributed by atoms with van der Waals surface area (Å²) in [6.45, 7) is 10.4. The van der Waals surface area contributed by atoms with Gasteiger partial charge in [-0.15, -0.1) is 0 Å². The molecule has 0 amide bonds. The summed E-state index contributed by atoms with van der Waals surface area (Å²) in [6, 6.07) is 0. The average molecular weight is 260 g/mol. The average Bonchev–Trinajstić information content (AvgIpc) is 2.37. The summed E-state index contributed by atoms with van der Waals surface area (Å²) in [4.78, 5) is 0. The Hall–Kier alpha value is -0.560. The molecule has 1 nitrogen and oxygen atoms in total. The molecule has 0 aromatic carbocycles. The molecule has 0 N–H and O–H groups in total. The van der Waals surface area contributed by atoms with E-state index in [2.05, 4.69) is 39.8 Å². The molecule has 3 aliphatic rings. The lowest BCUT2D eigenvalue weighted by Gasteiger charge is -2.47. The van der Waals surface area contributed by atoms with Gasteiger partial charge in [0.1, 0.15) is 0 Å². The molecule has 5 unspecified atom stereocenters. The van der Waals surface area contributed by atoms with Crippen molar-refractivity contribution in [2.75, 3.05) is 6.61 Å². The molecule has 0 aromatic rings. The first-order chi connectivity index (χ1) is 9.06. The number of ether oxygens (including phenoxy) is 1. The normalized spacial score (nSPS) is 46.5. The Morgan fingerprint density at radius 2 is 2.00 bits per heavy atom. The number of hydrogen-bond acceptors (Lipinski definition) is 1. The molecule has 1 saturated heterocycles. The van der Waals surface area contributed by atoms with E-state index in [1.54, 1.807) is 11.1 Å². The van der Waals surface area contributed by atoms with Crippen LogP contribution < -0.4 is 0 Å². The molecule has 0 radical (unpaired) electrons. The van der Waals surface area contributed by atoms with Crippen molar-refractivity contribution in [3.63, 3.8) is 0 Å². The van der Waals surface area contributed by atoms with Gasteiger partial charge >= 0.3 is 0 Å². The number of fused-ring (bicyclic) bond motifs is 2. The van der Waals surface area contributed by atoms with Crippen LogP contribution in [0, 0.1) is 29.6 Å². The van der Waals surface area contributed by atoms with E-state index < -0.39 is 0 Å². The van der Waals surface area contributed by atoms with E-state index >= 15 is 0 Å². The molecule has 0 aromatic heterocycles. The molecule has 19 heavy (non-hydrogen) atoms.